The number of rotatable bonds is 41. The molecular formula is C47H86NO7P. The summed E-state index contributed by atoms with van der Waals surface area (Å²) >= 11 is 0. The summed E-state index contributed by atoms with van der Waals surface area (Å²) in [6, 6.07) is 0. The maximum Gasteiger partial charge on any atom is 0.306 e. The third kappa shape index (κ3) is 43.3. The van der Waals surface area contributed by atoms with Crippen LogP contribution in [0, 0.1) is 0 Å². The quantitative estimate of drug-likeness (QED) is 0.0200. The second-order valence-corrected chi connectivity index (χ2v) is 17.4. The van der Waals surface area contributed by atoms with E-state index in [1.165, 1.54) is 70.6 Å². The Morgan fingerprint density at radius 3 is 1.55 bits per heavy atom. The minimum atomic E-state index is -4.53. The van der Waals surface area contributed by atoms with Crippen LogP contribution in [0.3, 0.4) is 0 Å². The molecule has 0 bridgehead atoms. The van der Waals surface area contributed by atoms with E-state index in [1.54, 1.807) is 0 Å². The smallest absolute Gasteiger partial charge is 0.306 e. The minimum absolute atomic E-state index is 0.0193. The van der Waals surface area contributed by atoms with Crippen molar-refractivity contribution in [1.29, 1.82) is 0 Å². The topological polar surface area (TPSA) is 94.1 Å². The molecule has 2 atom stereocenters. The summed E-state index contributed by atoms with van der Waals surface area (Å²) in [5, 5.41) is 0. The van der Waals surface area contributed by atoms with Crippen LogP contribution in [0.4, 0.5) is 0 Å². The molecule has 0 saturated heterocycles. The third-order valence-electron chi connectivity index (χ3n) is 9.33. The number of likely N-dealkylation sites (N-methyl/N-ethyl adjacent to an activating group) is 1. The summed E-state index contributed by atoms with van der Waals surface area (Å²) in [6.45, 7) is 5.23. The number of nitrogens with zero attached hydrogens (tertiary/aromatic N) is 1. The summed E-state index contributed by atoms with van der Waals surface area (Å²) < 4.78 is 34.6. The summed E-state index contributed by atoms with van der Waals surface area (Å²) in [6.07, 6.45) is 49.5. The lowest BCUT2D eigenvalue weighted by Crippen LogP contribution is -2.37. The van der Waals surface area contributed by atoms with Gasteiger partial charge in [-0.25, -0.2) is 0 Å². The average molecular weight is 808 g/mol. The fourth-order valence-corrected chi connectivity index (χ4v) is 6.59. The zero-order chi connectivity index (χ0) is 41.3. The molecule has 0 heterocycles. The first-order valence-corrected chi connectivity index (χ1v) is 24.0. The number of unbranched alkanes of at least 4 members (excludes halogenated alkanes) is 17. The van der Waals surface area contributed by atoms with Gasteiger partial charge in [0.25, 0.3) is 7.82 Å². The van der Waals surface area contributed by atoms with Crippen molar-refractivity contribution in [2.45, 2.75) is 180 Å². The van der Waals surface area contributed by atoms with Gasteiger partial charge in [0, 0.05) is 13.0 Å². The Labute approximate surface area is 345 Å². The molecule has 0 amide bonds. The lowest BCUT2D eigenvalue weighted by atomic mass is 10.0. The van der Waals surface area contributed by atoms with E-state index < -0.39 is 13.9 Å². The van der Waals surface area contributed by atoms with Crippen LogP contribution < -0.4 is 4.89 Å². The van der Waals surface area contributed by atoms with E-state index >= 15 is 0 Å². The molecule has 0 aliphatic carbocycles. The van der Waals surface area contributed by atoms with Gasteiger partial charge in [-0.05, 0) is 57.8 Å². The molecule has 0 aromatic rings. The van der Waals surface area contributed by atoms with Crippen molar-refractivity contribution in [3.8, 4) is 0 Å². The number of hydrogen-bond acceptors (Lipinski definition) is 7. The first-order valence-electron chi connectivity index (χ1n) is 22.5. The summed E-state index contributed by atoms with van der Waals surface area (Å²) in [4.78, 5) is 25.1. The van der Waals surface area contributed by atoms with Crippen LogP contribution in [-0.2, 0) is 27.9 Å². The predicted molar refractivity (Wildman–Crippen MR) is 236 cm³/mol. The van der Waals surface area contributed by atoms with Gasteiger partial charge < -0.3 is 27.9 Å². The van der Waals surface area contributed by atoms with Gasteiger partial charge in [0.15, 0.2) is 0 Å². The van der Waals surface area contributed by atoms with E-state index in [0.717, 1.165) is 83.5 Å². The van der Waals surface area contributed by atoms with Gasteiger partial charge >= 0.3 is 5.97 Å². The molecule has 8 nitrogen and oxygen atoms in total. The molecule has 0 radical (unpaired) electrons. The molecule has 0 aromatic heterocycles. The number of hydrogen-bond donors (Lipinski definition) is 0. The van der Waals surface area contributed by atoms with Crippen molar-refractivity contribution in [2.75, 3.05) is 54.1 Å². The van der Waals surface area contributed by atoms with Crippen LogP contribution in [0.25, 0.3) is 0 Å². The number of carbonyl (C=O) groups excluding carboxylic acids is 1. The van der Waals surface area contributed by atoms with E-state index in [4.69, 9.17) is 18.5 Å². The number of carbonyl (C=O) groups is 1. The Morgan fingerprint density at radius 1 is 0.571 bits per heavy atom. The fraction of sp³-hybridized carbons (Fsp3) is 0.766. The second kappa shape index (κ2) is 40.0. The first kappa shape index (κ1) is 54.2. The van der Waals surface area contributed by atoms with Crippen LogP contribution >= 0.6 is 7.82 Å². The van der Waals surface area contributed by atoms with Gasteiger partial charge in [-0.15, -0.1) is 0 Å². The molecule has 0 aliphatic rings. The molecule has 0 saturated carbocycles. The second-order valence-electron chi connectivity index (χ2n) is 16.0. The molecule has 9 heteroatoms. The predicted octanol–water partition coefficient (Wildman–Crippen LogP) is 12.7. The SMILES string of the molecule is CC/C=C\C/C=C\C/C=C\C/C=C\C/C=C\CCCCCCOCC(COP(=O)([O-])OCC[N+](C)(C)C)OC(=O)CCCCCCCCCCCCCCCC. The van der Waals surface area contributed by atoms with Crippen molar-refractivity contribution < 1.29 is 37.3 Å². The maximum absolute atomic E-state index is 12.7. The summed E-state index contributed by atoms with van der Waals surface area (Å²) in [5.41, 5.74) is 0. The van der Waals surface area contributed by atoms with Crippen LogP contribution in [0.5, 0.6) is 0 Å². The van der Waals surface area contributed by atoms with Gasteiger partial charge in [-0.3, -0.25) is 9.36 Å². The van der Waals surface area contributed by atoms with Gasteiger partial charge in [0.05, 0.1) is 34.4 Å². The number of phosphoric acid groups is 1. The van der Waals surface area contributed by atoms with Crippen molar-refractivity contribution in [3.05, 3.63) is 60.8 Å². The lowest BCUT2D eigenvalue weighted by Gasteiger charge is -2.28. The molecule has 0 spiro atoms. The zero-order valence-corrected chi connectivity index (χ0v) is 37.7. The first-order chi connectivity index (χ1) is 27.1. The fourth-order valence-electron chi connectivity index (χ4n) is 5.87. The van der Waals surface area contributed by atoms with Crippen LogP contribution in [-0.4, -0.2) is 70.7 Å². The molecule has 56 heavy (non-hydrogen) atoms. The van der Waals surface area contributed by atoms with E-state index in [0.29, 0.717) is 24.1 Å². The van der Waals surface area contributed by atoms with Crippen molar-refractivity contribution in [1.82, 2.24) is 0 Å². The Morgan fingerprint density at radius 2 is 1.04 bits per heavy atom. The number of phosphoric ester groups is 1. The maximum atomic E-state index is 12.7. The molecule has 0 aliphatic heterocycles. The van der Waals surface area contributed by atoms with Gasteiger partial charge in [0.2, 0.25) is 0 Å². The normalized spacial score (nSPS) is 14.3. The van der Waals surface area contributed by atoms with Gasteiger partial charge in [-0.1, -0.05) is 171 Å². The summed E-state index contributed by atoms with van der Waals surface area (Å²) in [5.74, 6) is -0.345. The van der Waals surface area contributed by atoms with Gasteiger partial charge in [0.1, 0.15) is 19.3 Å². The molecule has 326 valence electrons. The minimum Gasteiger partial charge on any atom is -0.756 e. The standard InChI is InChI=1S/C47H86NO7P/c1-6-8-10-12-14-16-18-20-22-23-24-25-26-27-29-31-33-35-37-39-42-52-44-46(45-54-56(50,51)53-43-41-48(3,4)5)55-47(49)40-38-36-34-32-30-28-21-19-17-15-13-11-9-7-2/h8,10,14,16,20,22,24-25,27,29,46H,6-7,9,11-13,15,17-19,21,23,26,28,30-45H2,1-5H3/b10-8-,16-14-,22-20-,25-24-,29-27-. The van der Waals surface area contributed by atoms with E-state index in [1.807, 2.05) is 21.1 Å². The number of allylic oxidation sites excluding steroid dienone is 10. The highest BCUT2D eigenvalue weighted by molar-refractivity contribution is 7.45. The Kier molecular flexibility index (Phi) is 38.7. The summed E-state index contributed by atoms with van der Waals surface area (Å²) in [7, 11) is 1.33. The molecule has 0 N–H and O–H groups in total. The van der Waals surface area contributed by atoms with Crippen LogP contribution in [0.2, 0.25) is 0 Å². The number of ether oxygens (including phenoxy) is 2. The number of esters is 1. The Hall–Kier alpha value is -1.80. The van der Waals surface area contributed by atoms with Crippen molar-refractivity contribution in [3.63, 3.8) is 0 Å². The lowest BCUT2D eigenvalue weighted by molar-refractivity contribution is -0.870. The highest BCUT2D eigenvalue weighted by atomic mass is 31.2. The Bertz CT molecular complexity index is 1080. The van der Waals surface area contributed by atoms with Crippen LogP contribution in [0.15, 0.2) is 60.8 Å². The van der Waals surface area contributed by atoms with E-state index in [-0.39, 0.29) is 25.8 Å². The zero-order valence-electron chi connectivity index (χ0n) is 36.8. The van der Waals surface area contributed by atoms with Crippen molar-refractivity contribution in [2.24, 2.45) is 0 Å². The third-order valence-corrected chi connectivity index (χ3v) is 10.3. The number of quaternary nitrogens is 1. The Balaban J connectivity index is 4.27. The highest BCUT2D eigenvalue weighted by Gasteiger charge is 2.20. The molecule has 0 rings (SSSR count). The highest BCUT2D eigenvalue weighted by Crippen LogP contribution is 2.38. The van der Waals surface area contributed by atoms with Gasteiger partial charge in [-0.2, -0.15) is 0 Å². The van der Waals surface area contributed by atoms with E-state index in [9.17, 15) is 14.3 Å². The molecule has 2 unspecified atom stereocenters. The van der Waals surface area contributed by atoms with E-state index in [2.05, 4.69) is 74.6 Å². The monoisotopic (exact) mass is 808 g/mol. The molecule has 0 fully saturated rings. The van der Waals surface area contributed by atoms with Crippen molar-refractivity contribution >= 4 is 13.8 Å². The molecule has 0 aromatic carbocycles. The van der Waals surface area contributed by atoms with Crippen LogP contribution in [0.1, 0.15) is 174 Å². The molecular weight excluding hydrogens is 721 g/mol. The average Bonchev–Trinajstić information content (AvgIpc) is 3.15. The largest absolute Gasteiger partial charge is 0.756 e.